The highest BCUT2D eigenvalue weighted by Gasteiger charge is 2.23. The van der Waals surface area contributed by atoms with Gasteiger partial charge in [-0.25, -0.2) is 4.79 Å². The van der Waals surface area contributed by atoms with Crippen molar-refractivity contribution in [3.05, 3.63) is 23.8 Å². The van der Waals surface area contributed by atoms with E-state index in [0.29, 0.717) is 37.9 Å². The monoisotopic (exact) mass is 328 g/mol. The van der Waals surface area contributed by atoms with E-state index in [1.54, 1.807) is 0 Å². The summed E-state index contributed by atoms with van der Waals surface area (Å²) in [5.41, 5.74) is 2.71. The molecule has 0 aromatic heterocycles. The van der Waals surface area contributed by atoms with Crippen LogP contribution < -0.4 is 15.5 Å². The molecule has 1 aliphatic heterocycles. The Morgan fingerprint density at radius 2 is 2.17 bits per heavy atom. The van der Waals surface area contributed by atoms with Gasteiger partial charge in [-0.2, -0.15) is 5.26 Å². The summed E-state index contributed by atoms with van der Waals surface area (Å²) < 4.78 is 0. The summed E-state index contributed by atoms with van der Waals surface area (Å²) in [6, 6.07) is 7.24. The molecule has 0 saturated carbocycles. The zero-order chi connectivity index (χ0) is 17.5. The van der Waals surface area contributed by atoms with E-state index in [0.717, 1.165) is 17.7 Å². The maximum Gasteiger partial charge on any atom is 0.319 e. The first kappa shape index (κ1) is 17.8. The first-order chi connectivity index (χ1) is 11.6. The normalized spacial score (nSPS) is 14.5. The number of urea groups is 1. The number of fused-ring (bicyclic) bond motifs is 1. The second-order valence-electron chi connectivity index (χ2n) is 5.95. The Kier molecular flexibility index (Phi) is 6.19. The lowest BCUT2D eigenvalue weighted by atomic mass is 10.00. The van der Waals surface area contributed by atoms with Gasteiger partial charge in [0.05, 0.1) is 12.5 Å². The SMILES string of the molecule is CCCN1C(=O)CCc2cc(NC(=O)NC(CC)CC#N)ccc21. The number of anilines is 2. The third-order valence-corrected chi connectivity index (χ3v) is 4.15. The molecule has 24 heavy (non-hydrogen) atoms. The van der Waals surface area contributed by atoms with E-state index in [9.17, 15) is 9.59 Å². The fraction of sp³-hybridized carbons (Fsp3) is 0.500. The maximum atomic E-state index is 12.0. The molecule has 0 fully saturated rings. The summed E-state index contributed by atoms with van der Waals surface area (Å²) in [6.07, 6.45) is 3.10. The minimum absolute atomic E-state index is 0.148. The number of nitrogens with one attached hydrogen (secondary N) is 2. The van der Waals surface area contributed by atoms with Gasteiger partial charge in [0.1, 0.15) is 0 Å². The van der Waals surface area contributed by atoms with E-state index in [1.807, 2.05) is 36.9 Å². The number of rotatable bonds is 6. The molecule has 0 spiro atoms. The molecule has 1 unspecified atom stereocenters. The fourth-order valence-corrected chi connectivity index (χ4v) is 2.87. The number of hydrogen-bond donors (Lipinski definition) is 2. The van der Waals surface area contributed by atoms with Crippen LogP contribution in [0.5, 0.6) is 0 Å². The quantitative estimate of drug-likeness (QED) is 0.841. The number of carbonyl (C=O) groups is 2. The van der Waals surface area contributed by atoms with Crippen molar-refractivity contribution in [2.75, 3.05) is 16.8 Å². The average Bonchev–Trinajstić information content (AvgIpc) is 2.57. The van der Waals surface area contributed by atoms with Crippen molar-refractivity contribution in [3.63, 3.8) is 0 Å². The molecule has 6 heteroatoms. The van der Waals surface area contributed by atoms with Crippen molar-refractivity contribution >= 4 is 23.3 Å². The van der Waals surface area contributed by atoms with E-state index >= 15 is 0 Å². The molecular formula is C18H24N4O2. The number of aryl methyl sites for hydroxylation is 1. The molecule has 3 amide bonds. The van der Waals surface area contributed by atoms with Gasteiger partial charge in [-0.05, 0) is 43.0 Å². The third kappa shape index (κ3) is 4.25. The standard InChI is InChI=1S/C18H24N4O2/c1-3-11-22-16-7-6-15(12-13(16)5-8-17(22)23)21-18(24)20-14(4-2)9-10-19/h6-7,12,14H,3-5,8-9,11H2,1-2H3,(H2,20,21,24). The number of carbonyl (C=O) groups excluding carboxylic acids is 2. The highest BCUT2D eigenvalue weighted by Crippen LogP contribution is 2.30. The lowest BCUT2D eigenvalue weighted by Crippen LogP contribution is -2.37. The Morgan fingerprint density at radius 1 is 1.38 bits per heavy atom. The van der Waals surface area contributed by atoms with Crippen LogP contribution in [0.3, 0.4) is 0 Å². The Hall–Kier alpha value is -2.55. The van der Waals surface area contributed by atoms with Crippen LogP contribution >= 0.6 is 0 Å². The van der Waals surface area contributed by atoms with E-state index in [1.165, 1.54) is 0 Å². The van der Waals surface area contributed by atoms with E-state index < -0.39 is 0 Å². The summed E-state index contributed by atoms with van der Waals surface area (Å²) in [5, 5.41) is 14.3. The molecule has 0 radical (unpaired) electrons. The van der Waals surface area contributed by atoms with E-state index in [-0.39, 0.29) is 18.0 Å². The van der Waals surface area contributed by atoms with Gasteiger partial charge < -0.3 is 15.5 Å². The van der Waals surface area contributed by atoms with Crippen molar-refractivity contribution in [1.82, 2.24) is 5.32 Å². The number of nitriles is 1. The number of benzene rings is 1. The molecule has 1 aliphatic rings. The van der Waals surface area contributed by atoms with Crippen LogP contribution in [0.15, 0.2) is 18.2 Å². The van der Waals surface area contributed by atoms with Gasteiger partial charge in [-0.1, -0.05) is 13.8 Å². The van der Waals surface area contributed by atoms with Crippen LogP contribution in [0, 0.1) is 11.3 Å². The molecule has 0 bridgehead atoms. The van der Waals surface area contributed by atoms with Crippen LogP contribution in [0.1, 0.15) is 45.1 Å². The van der Waals surface area contributed by atoms with Crippen molar-refractivity contribution in [2.24, 2.45) is 0 Å². The zero-order valence-electron chi connectivity index (χ0n) is 14.3. The minimum Gasteiger partial charge on any atom is -0.334 e. The topological polar surface area (TPSA) is 85.2 Å². The molecule has 1 aromatic rings. The van der Waals surface area contributed by atoms with Crippen LogP contribution in [0.25, 0.3) is 0 Å². The van der Waals surface area contributed by atoms with Gasteiger partial charge in [-0.3, -0.25) is 4.79 Å². The predicted octanol–water partition coefficient (Wildman–Crippen LogP) is 3.19. The highest BCUT2D eigenvalue weighted by atomic mass is 16.2. The summed E-state index contributed by atoms with van der Waals surface area (Å²) >= 11 is 0. The molecule has 0 saturated heterocycles. The number of hydrogen-bond acceptors (Lipinski definition) is 3. The molecule has 0 aliphatic carbocycles. The molecular weight excluding hydrogens is 304 g/mol. The van der Waals surface area contributed by atoms with E-state index in [4.69, 9.17) is 5.26 Å². The molecule has 1 heterocycles. The first-order valence-corrected chi connectivity index (χ1v) is 8.46. The summed E-state index contributed by atoms with van der Waals surface area (Å²) in [7, 11) is 0. The van der Waals surface area contributed by atoms with Gasteiger partial charge in [0.15, 0.2) is 0 Å². The van der Waals surface area contributed by atoms with Crippen molar-refractivity contribution in [1.29, 1.82) is 5.26 Å². The zero-order valence-corrected chi connectivity index (χ0v) is 14.3. The molecule has 1 aromatic carbocycles. The molecule has 6 nitrogen and oxygen atoms in total. The van der Waals surface area contributed by atoms with E-state index in [2.05, 4.69) is 16.7 Å². The van der Waals surface area contributed by atoms with Gasteiger partial charge in [0.25, 0.3) is 0 Å². The maximum absolute atomic E-state index is 12.0. The van der Waals surface area contributed by atoms with Crippen LogP contribution in [0.2, 0.25) is 0 Å². The lowest BCUT2D eigenvalue weighted by Gasteiger charge is -2.29. The summed E-state index contributed by atoms with van der Waals surface area (Å²) in [6.45, 7) is 4.69. The summed E-state index contributed by atoms with van der Waals surface area (Å²) in [4.78, 5) is 25.9. The van der Waals surface area contributed by atoms with Crippen molar-refractivity contribution in [2.45, 2.75) is 52.0 Å². The van der Waals surface area contributed by atoms with Gasteiger partial charge in [0, 0.05) is 30.4 Å². The third-order valence-electron chi connectivity index (χ3n) is 4.15. The van der Waals surface area contributed by atoms with Gasteiger partial charge in [-0.15, -0.1) is 0 Å². The van der Waals surface area contributed by atoms with Crippen LogP contribution in [0.4, 0.5) is 16.2 Å². The largest absolute Gasteiger partial charge is 0.334 e. The Labute approximate surface area is 142 Å². The second kappa shape index (κ2) is 8.34. The number of nitrogens with zero attached hydrogens (tertiary/aromatic N) is 2. The lowest BCUT2D eigenvalue weighted by molar-refractivity contribution is -0.118. The van der Waals surface area contributed by atoms with Gasteiger partial charge >= 0.3 is 6.03 Å². The highest BCUT2D eigenvalue weighted by molar-refractivity contribution is 5.97. The Bertz CT molecular complexity index is 651. The van der Waals surface area contributed by atoms with Crippen molar-refractivity contribution in [3.8, 4) is 6.07 Å². The first-order valence-electron chi connectivity index (χ1n) is 8.46. The minimum atomic E-state index is -0.311. The van der Waals surface area contributed by atoms with Crippen LogP contribution in [-0.4, -0.2) is 24.5 Å². The summed E-state index contributed by atoms with van der Waals surface area (Å²) in [5.74, 6) is 0.157. The van der Waals surface area contributed by atoms with Crippen molar-refractivity contribution < 1.29 is 9.59 Å². The van der Waals surface area contributed by atoms with Crippen LogP contribution in [-0.2, 0) is 11.2 Å². The Morgan fingerprint density at radius 3 is 2.83 bits per heavy atom. The molecule has 1 atom stereocenters. The Balaban J connectivity index is 2.07. The molecule has 2 rings (SSSR count). The second-order valence-corrected chi connectivity index (χ2v) is 5.95. The number of amides is 3. The van der Waals surface area contributed by atoms with Gasteiger partial charge in [0.2, 0.25) is 5.91 Å². The predicted molar refractivity (Wildman–Crippen MR) is 93.9 cm³/mol. The molecule has 2 N–H and O–H groups in total. The molecule has 128 valence electrons. The fourth-order valence-electron chi connectivity index (χ4n) is 2.87. The smallest absolute Gasteiger partial charge is 0.319 e. The average molecular weight is 328 g/mol.